The number of hydrogen-bond acceptors (Lipinski definition) is 11. The lowest BCUT2D eigenvalue weighted by Crippen LogP contribution is -2.75. The van der Waals surface area contributed by atoms with Crippen molar-refractivity contribution in [1.82, 2.24) is 0 Å². The number of Topliss-reactive ketones (excluding diaryl/α,β-unsaturated/α-hetero) is 1. The van der Waals surface area contributed by atoms with Crippen LogP contribution in [-0.2, 0) is 47.7 Å². The van der Waals surface area contributed by atoms with Gasteiger partial charge in [-0.2, -0.15) is 0 Å². The average molecular weight is 561 g/mol. The monoisotopic (exact) mass is 560 g/mol. The first kappa shape index (κ1) is 28.5. The first-order chi connectivity index (χ1) is 18.5. The summed E-state index contributed by atoms with van der Waals surface area (Å²) in [7, 11) is 1.20. The zero-order valence-electron chi connectivity index (χ0n) is 23.6. The molecule has 2 bridgehead atoms. The van der Waals surface area contributed by atoms with E-state index in [1.807, 2.05) is 13.8 Å². The highest BCUT2D eigenvalue weighted by atomic mass is 16.6. The van der Waals surface area contributed by atoms with E-state index in [9.17, 15) is 29.1 Å². The quantitative estimate of drug-likeness (QED) is 0.305. The van der Waals surface area contributed by atoms with Crippen LogP contribution in [0.2, 0.25) is 0 Å². The molecule has 2 saturated heterocycles. The van der Waals surface area contributed by atoms with Crippen LogP contribution in [0.1, 0.15) is 60.3 Å². The molecule has 0 radical (unpaired) electrons. The van der Waals surface area contributed by atoms with Gasteiger partial charge in [0.05, 0.1) is 19.6 Å². The third-order valence-corrected chi connectivity index (χ3v) is 10.5. The minimum absolute atomic E-state index is 0.00219. The Bertz CT molecular complexity index is 1250. The lowest BCUT2D eigenvalue weighted by Gasteiger charge is -2.70. The molecule has 2 aliphatic carbocycles. The number of carbonyl (C=O) groups excluding carboxylic acids is 5. The molecule has 11 nitrogen and oxygen atoms in total. The summed E-state index contributed by atoms with van der Waals surface area (Å²) in [6.45, 7) is 12.9. The standard InChI is InChI=1S/C29H36O11/c1-13-16-8-9-27(5)23(15-10-19(32)39-24(15)34)38-20(33)12-29(13,27)40-18-11-17(31)26(3,4)22(28(16,18)6)21(25(35)36-7)37-14(2)30/h10,16,18,21-24,34H,1,8-9,11-12H2,2-7H3. The molecule has 5 aliphatic rings. The van der Waals surface area contributed by atoms with Gasteiger partial charge in [-0.25, -0.2) is 9.59 Å². The number of methoxy groups -OCH3 is 1. The van der Waals surface area contributed by atoms with Crippen LogP contribution < -0.4 is 0 Å². The minimum Gasteiger partial charge on any atom is -0.466 e. The van der Waals surface area contributed by atoms with Gasteiger partial charge in [0, 0.05) is 47.2 Å². The van der Waals surface area contributed by atoms with E-state index in [0.29, 0.717) is 18.4 Å². The van der Waals surface area contributed by atoms with E-state index >= 15 is 0 Å². The van der Waals surface area contributed by atoms with E-state index in [4.69, 9.17) is 23.7 Å². The van der Waals surface area contributed by atoms with Crippen LogP contribution in [0.5, 0.6) is 0 Å². The molecule has 5 rings (SSSR count). The number of ether oxygens (including phenoxy) is 5. The SMILES string of the molecule is C=C1C2CCC3(C)C(C4=CC(=O)OC4O)OC(=O)CC13OC1CC(=O)C(C)(C)C(C(OC(C)=O)C(=O)OC)C12C. The van der Waals surface area contributed by atoms with Crippen molar-refractivity contribution < 1.29 is 52.8 Å². The van der Waals surface area contributed by atoms with Crippen molar-refractivity contribution >= 4 is 29.7 Å². The largest absolute Gasteiger partial charge is 0.466 e. The minimum atomic E-state index is -1.57. The Morgan fingerprint density at radius 2 is 1.82 bits per heavy atom. The summed E-state index contributed by atoms with van der Waals surface area (Å²) in [4.78, 5) is 64.0. The number of cyclic esters (lactones) is 2. The summed E-state index contributed by atoms with van der Waals surface area (Å²) >= 11 is 0. The maximum absolute atomic E-state index is 13.7. The molecule has 1 N–H and O–H groups in total. The lowest BCUT2D eigenvalue weighted by molar-refractivity contribution is -0.300. The number of fused-ring (bicyclic) bond motifs is 3. The van der Waals surface area contributed by atoms with Gasteiger partial charge in [-0.05, 0) is 24.3 Å². The highest BCUT2D eigenvalue weighted by Gasteiger charge is 2.75. The molecule has 3 heterocycles. The van der Waals surface area contributed by atoms with Crippen molar-refractivity contribution in [3.8, 4) is 0 Å². The third-order valence-electron chi connectivity index (χ3n) is 10.5. The van der Waals surface area contributed by atoms with Crippen LogP contribution in [0, 0.1) is 28.1 Å². The van der Waals surface area contributed by atoms with Gasteiger partial charge in [-0.15, -0.1) is 0 Å². The smallest absolute Gasteiger partial charge is 0.347 e. The molecule has 0 aromatic carbocycles. The summed E-state index contributed by atoms with van der Waals surface area (Å²) in [5.41, 5.74) is -3.54. The van der Waals surface area contributed by atoms with E-state index in [0.717, 1.165) is 6.08 Å². The van der Waals surface area contributed by atoms with E-state index in [1.165, 1.54) is 14.0 Å². The number of ketones is 1. The predicted molar refractivity (Wildman–Crippen MR) is 135 cm³/mol. The Morgan fingerprint density at radius 1 is 1.15 bits per heavy atom. The second-order valence-corrected chi connectivity index (χ2v) is 12.7. The van der Waals surface area contributed by atoms with Crippen molar-refractivity contribution in [3.05, 3.63) is 23.8 Å². The normalized spacial score (nSPS) is 42.5. The topological polar surface area (TPSA) is 152 Å². The number of esters is 4. The lowest BCUT2D eigenvalue weighted by atomic mass is 9.41. The molecule has 3 aliphatic heterocycles. The zero-order chi connectivity index (χ0) is 29.6. The van der Waals surface area contributed by atoms with Crippen LogP contribution in [-0.4, -0.2) is 72.1 Å². The summed E-state index contributed by atoms with van der Waals surface area (Å²) < 4.78 is 28.2. The van der Waals surface area contributed by atoms with Crippen molar-refractivity contribution in [3.63, 3.8) is 0 Å². The van der Waals surface area contributed by atoms with Crippen molar-refractivity contribution in [1.29, 1.82) is 0 Å². The average Bonchev–Trinajstić information content (AvgIpc) is 3.19. The van der Waals surface area contributed by atoms with E-state index in [-0.39, 0.29) is 30.1 Å². The molecule has 9 unspecified atom stereocenters. The number of carbonyl (C=O) groups is 5. The summed E-state index contributed by atoms with van der Waals surface area (Å²) in [6.07, 6.45) is -2.84. The highest BCUT2D eigenvalue weighted by molar-refractivity contribution is 5.89. The molecule has 0 aromatic rings. The Morgan fingerprint density at radius 3 is 2.40 bits per heavy atom. The molecule has 9 atom stereocenters. The summed E-state index contributed by atoms with van der Waals surface area (Å²) in [6, 6.07) is 0. The van der Waals surface area contributed by atoms with Gasteiger partial charge < -0.3 is 28.8 Å². The summed E-state index contributed by atoms with van der Waals surface area (Å²) in [5.74, 6) is -4.17. The summed E-state index contributed by atoms with van der Waals surface area (Å²) in [5, 5.41) is 10.5. The van der Waals surface area contributed by atoms with Gasteiger partial charge in [0.15, 0.2) is 0 Å². The molecule has 40 heavy (non-hydrogen) atoms. The number of aliphatic hydroxyl groups is 1. The fourth-order valence-corrected chi connectivity index (χ4v) is 8.54. The maximum Gasteiger partial charge on any atom is 0.347 e. The first-order valence-electron chi connectivity index (χ1n) is 13.5. The van der Waals surface area contributed by atoms with E-state index in [2.05, 4.69) is 6.58 Å². The molecule has 218 valence electrons. The van der Waals surface area contributed by atoms with E-state index in [1.54, 1.807) is 13.8 Å². The van der Waals surface area contributed by atoms with Gasteiger partial charge in [0.25, 0.3) is 0 Å². The van der Waals surface area contributed by atoms with Crippen molar-refractivity contribution in [2.75, 3.05) is 7.11 Å². The van der Waals surface area contributed by atoms with E-state index < -0.39 is 76.2 Å². The van der Waals surface area contributed by atoms with Gasteiger partial charge in [-0.3, -0.25) is 14.4 Å². The molecule has 1 spiro atoms. The molecule has 2 saturated carbocycles. The Balaban J connectivity index is 1.65. The Hall–Kier alpha value is -3.05. The molecule has 0 aromatic heterocycles. The number of hydrogen-bond donors (Lipinski definition) is 1. The van der Waals surface area contributed by atoms with Crippen LogP contribution in [0.15, 0.2) is 23.8 Å². The van der Waals surface area contributed by atoms with Crippen molar-refractivity contribution in [2.24, 2.45) is 28.1 Å². The van der Waals surface area contributed by atoms with Gasteiger partial charge in [-0.1, -0.05) is 34.3 Å². The Kier molecular flexibility index (Phi) is 6.39. The molecular weight excluding hydrogens is 524 g/mol. The maximum atomic E-state index is 13.7. The fourth-order valence-electron chi connectivity index (χ4n) is 8.54. The Labute approximate surface area is 232 Å². The first-order valence-corrected chi connectivity index (χ1v) is 13.5. The molecule has 11 heteroatoms. The second kappa shape index (κ2) is 8.97. The fraction of sp³-hybridized carbons (Fsp3) is 0.690. The van der Waals surface area contributed by atoms with Crippen LogP contribution >= 0.6 is 0 Å². The molecule has 4 fully saturated rings. The number of aliphatic hydroxyl groups excluding tert-OH is 1. The zero-order valence-corrected chi connectivity index (χ0v) is 23.6. The molecule has 0 amide bonds. The third kappa shape index (κ3) is 3.59. The van der Waals surface area contributed by atoms with Crippen LogP contribution in [0.25, 0.3) is 0 Å². The van der Waals surface area contributed by atoms with Gasteiger partial charge >= 0.3 is 23.9 Å². The van der Waals surface area contributed by atoms with Crippen LogP contribution in [0.4, 0.5) is 0 Å². The highest BCUT2D eigenvalue weighted by Crippen LogP contribution is 2.70. The van der Waals surface area contributed by atoms with Crippen LogP contribution in [0.3, 0.4) is 0 Å². The van der Waals surface area contributed by atoms with Gasteiger partial charge in [0.2, 0.25) is 12.4 Å². The second-order valence-electron chi connectivity index (χ2n) is 12.7. The molecular formula is C29H36O11. The van der Waals surface area contributed by atoms with Crippen molar-refractivity contribution in [2.45, 2.75) is 90.5 Å². The predicted octanol–water partition coefficient (Wildman–Crippen LogP) is 1.94. The van der Waals surface area contributed by atoms with Gasteiger partial charge in [0.1, 0.15) is 17.5 Å². The number of rotatable bonds is 4.